The van der Waals surface area contributed by atoms with E-state index in [0.29, 0.717) is 0 Å². The number of amides is 2. The number of hydrogen-bond acceptors (Lipinski definition) is 5. The molecule has 3 aromatic rings. The van der Waals surface area contributed by atoms with Crippen LogP contribution >= 0.6 is 23.2 Å². The summed E-state index contributed by atoms with van der Waals surface area (Å²) >= 11 is 12.5. The fraction of sp³-hybridized carbons (Fsp3) is 0.143. The first kappa shape index (κ1) is 22.9. The predicted octanol–water partition coefficient (Wildman–Crippen LogP) is 5.03. The predicted molar refractivity (Wildman–Crippen MR) is 134 cm³/mol. The molecule has 36 heavy (non-hydrogen) atoms. The molecule has 0 N–H and O–H groups in total. The summed E-state index contributed by atoms with van der Waals surface area (Å²) in [5.74, 6) is -5.01. The molecule has 3 atom stereocenters. The number of ketones is 2. The Labute approximate surface area is 216 Å². The van der Waals surface area contributed by atoms with Crippen molar-refractivity contribution in [3.8, 4) is 0 Å². The zero-order valence-electron chi connectivity index (χ0n) is 18.6. The highest BCUT2D eigenvalue weighted by Gasteiger charge is 2.74. The second kappa shape index (κ2) is 8.23. The van der Waals surface area contributed by atoms with Crippen LogP contribution in [0.1, 0.15) is 26.3 Å². The van der Waals surface area contributed by atoms with Gasteiger partial charge in [0, 0.05) is 11.1 Å². The first-order chi connectivity index (χ1) is 17.4. The van der Waals surface area contributed by atoms with Crippen LogP contribution in [0.3, 0.4) is 0 Å². The standard InChI is InChI=1S/C28H17Cl2NO5/c29-18-11-6-12-19(23(18)30)31-26(34)21-20(14-13-15-7-2-1-3-8-15)36-28(22(21)27(31)35)24(32)16-9-4-5-10-17(16)25(28)33/h1-14,20-22H/b14-13+/t20-,21+,22+/m1/s1. The van der Waals surface area contributed by atoms with Crippen molar-refractivity contribution in [2.45, 2.75) is 11.7 Å². The van der Waals surface area contributed by atoms with Gasteiger partial charge in [0.2, 0.25) is 29.0 Å². The van der Waals surface area contributed by atoms with E-state index in [-0.39, 0.29) is 26.9 Å². The summed E-state index contributed by atoms with van der Waals surface area (Å²) in [5, 5.41) is 0.193. The lowest BCUT2D eigenvalue weighted by Gasteiger charge is -2.27. The minimum atomic E-state index is -2.13. The number of rotatable bonds is 3. The molecule has 2 aliphatic heterocycles. The van der Waals surface area contributed by atoms with Crippen molar-refractivity contribution in [3.63, 3.8) is 0 Å². The molecule has 0 saturated carbocycles. The quantitative estimate of drug-likeness (QED) is 0.359. The Morgan fingerprint density at radius 3 is 2.08 bits per heavy atom. The molecule has 2 saturated heterocycles. The normalized spacial score (nSPS) is 24.3. The maximum Gasteiger partial charge on any atom is 0.241 e. The van der Waals surface area contributed by atoms with E-state index in [1.165, 1.54) is 24.3 Å². The molecule has 1 spiro atoms. The van der Waals surface area contributed by atoms with E-state index in [4.69, 9.17) is 27.9 Å². The fourth-order valence-corrected chi connectivity index (χ4v) is 5.79. The third-order valence-corrected chi connectivity index (χ3v) is 7.81. The Balaban J connectivity index is 1.50. The third kappa shape index (κ3) is 3.02. The largest absolute Gasteiger partial charge is 0.350 e. The highest BCUT2D eigenvalue weighted by atomic mass is 35.5. The van der Waals surface area contributed by atoms with Gasteiger partial charge in [-0.1, -0.05) is 96.0 Å². The van der Waals surface area contributed by atoms with Gasteiger partial charge in [0.15, 0.2) is 0 Å². The van der Waals surface area contributed by atoms with Gasteiger partial charge in [0.25, 0.3) is 0 Å². The second-order valence-electron chi connectivity index (χ2n) is 8.88. The number of carbonyl (C=O) groups is 4. The van der Waals surface area contributed by atoms with Gasteiger partial charge in [-0.05, 0) is 17.7 Å². The van der Waals surface area contributed by atoms with Crippen LogP contribution in [0, 0.1) is 11.8 Å². The van der Waals surface area contributed by atoms with Gasteiger partial charge in [0.05, 0.1) is 33.7 Å². The number of anilines is 1. The lowest BCUT2D eigenvalue weighted by atomic mass is 9.78. The zero-order chi connectivity index (χ0) is 25.2. The molecule has 6 rings (SSSR count). The van der Waals surface area contributed by atoms with Gasteiger partial charge >= 0.3 is 0 Å². The molecule has 6 nitrogen and oxygen atoms in total. The van der Waals surface area contributed by atoms with Crippen molar-refractivity contribution in [1.29, 1.82) is 0 Å². The van der Waals surface area contributed by atoms with E-state index < -0.39 is 46.9 Å². The van der Waals surface area contributed by atoms with E-state index in [2.05, 4.69) is 0 Å². The van der Waals surface area contributed by atoms with Gasteiger partial charge in [-0.3, -0.25) is 19.2 Å². The van der Waals surface area contributed by atoms with Crippen molar-refractivity contribution in [2.24, 2.45) is 11.8 Å². The van der Waals surface area contributed by atoms with Crippen LogP contribution in [-0.2, 0) is 14.3 Å². The van der Waals surface area contributed by atoms with E-state index >= 15 is 0 Å². The summed E-state index contributed by atoms with van der Waals surface area (Å²) in [4.78, 5) is 56.0. The first-order valence-electron chi connectivity index (χ1n) is 11.3. The zero-order valence-corrected chi connectivity index (χ0v) is 20.1. The molecule has 178 valence electrons. The number of imide groups is 1. The number of carbonyl (C=O) groups excluding carboxylic acids is 4. The molecule has 2 fully saturated rings. The summed E-state index contributed by atoms with van der Waals surface area (Å²) < 4.78 is 6.17. The fourth-order valence-electron chi connectivity index (χ4n) is 5.41. The lowest BCUT2D eigenvalue weighted by Crippen LogP contribution is -2.51. The molecule has 8 heteroatoms. The van der Waals surface area contributed by atoms with Gasteiger partial charge < -0.3 is 4.74 Å². The second-order valence-corrected chi connectivity index (χ2v) is 9.67. The van der Waals surface area contributed by atoms with E-state index in [1.54, 1.807) is 30.4 Å². The Morgan fingerprint density at radius 2 is 1.42 bits per heavy atom. The first-order valence-corrected chi connectivity index (χ1v) is 12.0. The number of nitrogens with zero attached hydrogens (tertiary/aromatic N) is 1. The van der Waals surface area contributed by atoms with Crippen LogP contribution < -0.4 is 4.90 Å². The molecular formula is C28H17Cl2NO5. The van der Waals surface area contributed by atoms with Crippen LogP contribution in [-0.4, -0.2) is 35.1 Å². The van der Waals surface area contributed by atoms with E-state index in [0.717, 1.165) is 10.5 Å². The van der Waals surface area contributed by atoms with E-state index in [9.17, 15) is 19.2 Å². The maximum atomic E-state index is 13.9. The van der Waals surface area contributed by atoms with Crippen LogP contribution in [0.2, 0.25) is 10.0 Å². The number of fused-ring (bicyclic) bond motifs is 3. The van der Waals surface area contributed by atoms with Gasteiger partial charge in [0.1, 0.15) is 0 Å². The molecule has 2 amide bonds. The molecule has 3 aliphatic rings. The Hall–Kier alpha value is -3.58. The summed E-state index contributed by atoms with van der Waals surface area (Å²) in [7, 11) is 0. The van der Waals surface area contributed by atoms with Crippen LogP contribution in [0.5, 0.6) is 0 Å². The molecule has 2 heterocycles. The summed E-state index contributed by atoms with van der Waals surface area (Å²) in [6.07, 6.45) is 2.36. The van der Waals surface area contributed by atoms with Gasteiger partial charge in [-0.25, -0.2) is 4.90 Å². The third-order valence-electron chi connectivity index (χ3n) is 7.01. The molecule has 0 bridgehead atoms. The molecule has 0 aromatic heterocycles. The molecule has 1 aliphatic carbocycles. The van der Waals surface area contributed by atoms with Gasteiger partial charge in [-0.15, -0.1) is 0 Å². The average molecular weight is 518 g/mol. The molecule has 0 radical (unpaired) electrons. The number of Topliss-reactive ketones (excluding diaryl/α,β-unsaturated/α-hetero) is 2. The van der Waals surface area contributed by atoms with Crippen molar-refractivity contribution in [2.75, 3.05) is 4.90 Å². The monoisotopic (exact) mass is 517 g/mol. The highest BCUT2D eigenvalue weighted by molar-refractivity contribution is 6.45. The van der Waals surface area contributed by atoms with Crippen molar-refractivity contribution in [3.05, 3.63) is 106 Å². The number of halogens is 2. The Bertz CT molecular complexity index is 1460. The topological polar surface area (TPSA) is 80.8 Å². The van der Waals surface area contributed by atoms with Crippen molar-refractivity contribution < 1.29 is 23.9 Å². The van der Waals surface area contributed by atoms with Crippen LogP contribution in [0.15, 0.2) is 78.9 Å². The maximum absolute atomic E-state index is 13.9. The minimum Gasteiger partial charge on any atom is -0.350 e. The Morgan fingerprint density at radius 1 is 0.778 bits per heavy atom. The summed E-state index contributed by atoms with van der Waals surface area (Å²) in [6, 6.07) is 20.2. The molecular weight excluding hydrogens is 501 g/mol. The van der Waals surface area contributed by atoms with E-state index in [1.807, 2.05) is 30.3 Å². The smallest absolute Gasteiger partial charge is 0.241 e. The number of hydrogen-bond donors (Lipinski definition) is 0. The molecule has 0 unspecified atom stereocenters. The molecule has 3 aromatic carbocycles. The lowest BCUT2D eigenvalue weighted by molar-refractivity contribution is -0.126. The van der Waals surface area contributed by atoms with Crippen molar-refractivity contribution >= 4 is 58.3 Å². The Kier molecular flexibility index (Phi) is 5.23. The van der Waals surface area contributed by atoms with Crippen LogP contribution in [0.25, 0.3) is 6.08 Å². The SMILES string of the molecule is O=C1[C@@H]2[C@@H](C(=O)N1c1cccc(Cl)c1Cl)C1(O[C@@H]2/C=C/c2ccccc2)C(=O)c2ccccc2C1=O. The summed E-state index contributed by atoms with van der Waals surface area (Å²) in [6.45, 7) is 0. The van der Waals surface area contributed by atoms with Crippen LogP contribution in [0.4, 0.5) is 5.69 Å². The van der Waals surface area contributed by atoms with Gasteiger partial charge in [-0.2, -0.15) is 0 Å². The highest BCUT2D eigenvalue weighted by Crippen LogP contribution is 2.54. The summed E-state index contributed by atoms with van der Waals surface area (Å²) in [5.41, 5.74) is -0.851. The number of benzene rings is 3. The number of ether oxygens (including phenoxy) is 1. The minimum absolute atomic E-state index is 0.0274. The van der Waals surface area contributed by atoms with Crippen molar-refractivity contribution in [1.82, 2.24) is 0 Å². The average Bonchev–Trinajstić information content (AvgIpc) is 3.45.